The van der Waals surface area contributed by atoms with E-state index in [1.807, 2.05) is 6.92 Å². The highest BCUT2D eigenvalue weighted by Crippen LogP contribution is 2.26. The topological polar surface area (TPSA) is 73.1 Å². The quantitative estimate of drug-likeness (QED) is 0.752. The van der Waals surface area contributed by atoms with Gasteiger partial charge in [0.25, 0.3) is 0 Å². The molecule has 1 atom stereocenters. The van der Waals surface area contributed by atoms with E-state index in [2.05, 4.69) is 26.8 Å². The summed E-state index contributed by atoms with van der Waals surface area (Å²) in [5.41, 5.74) is 1.36. The number of hydrogen-bond acceptors (Lipinski definition) is 6. The van der Waals surface area contributed by atoms with E-state index in [0.29, 0.717) is 36.0 Å². The molecule has 0 N–H and O–H groups in total. The zero-order valence-corrected chi connectivity index (χ0v) is 11.8. The molecule has 0 amide bonds. The van der Waals surface area contributed by atoms with Crippen molar-refractivity contribution in [2.45, 2.75) is 19.9 Å². The van der Waals surface area contributed by atoms with Crippen LogP contribution in [-0.2, 0) is 11.8 Å². The van der Waals surface area contributed by atoms with Gasteiger partial charge in [-0.05, 0) is 13.8 Å². The van der Waals surface area contributed by atoms with Crippen molar-refractivity contribution in [2.75, 3.05) is 24.7 Å². The highest BCUT2D eigenvalue weighted by Gasteiger charge is 2.25. The summed E-state index contributed by atoms with van der Waals surface area (Å²) in [6.07, 6.45) is 0.740. The summed E-state index contributed by atoms with van der Waals surface area (Å²) in [4.78, 5) is 26.5. The Morgan fingerprint density at radius 1 is 1.35 bits per heavy atom. The molecule has 0 saturated carbocycles. The maximum absolute atomic E-state index is 11.1. The van der Waals surface area contributed by atoms with Gasteiger partial charge >= 0.3 is 0 Å². The van der Waals surface area contributed by atoms with Gasteiger partial charge in [0.05, 0.1) is 19.3 Å². The van der Waals surface area contributed by atoms with Gasteiger partial charge in [-0.1, -0.05) is 0 Å². The Labute approximate surface area is 116 Å². The summed E-state index contributed by atoms with van der Waals surface area (Å²) < 4.78 is 7.16. The fraction of sp³-hybridized carbons (Fsp3) is 0.538. The minimum Gasteiger partial charge on any atom is -0.377 e. The maximum Gasteiger partial charge on any atom is 0.185 e. The van der Waals surface area contributed by atoms with Gasteiger partial charge in [0, 0.05) is 13.6 Å². The van der Waals surface area contributed by atoms with Gasteiger partial charge in [0.2, 0.25) is 0 Å². The second-order valence-corrected chi connectivity index (χ2v) is 5.03. The lowest BCUT2D eigenvalue weighted by Gasteiger charge is -2.34. The molecule has 0 bridgehead atoms. The van der Waals surface area contributed by atoms with Crippen LogP contribution in [0.3, 0.4) is 0 Å². The van der Waals surface area contributed by atoms with Crippen LogP contribution in [0.4, 0.5) is 5.82 Å². The summed E-state index contributed by atoms with van der Waals surface area (Å²) in [5, 5.41) is 0. The van der Waals surface area contributed by atoms with Crippen molar-refractivity contribution in [3.05, 3.63) is 11.6 Å². The van der Waals surface area contributed by atoms with E-state index in [4.69, 9.17) is 4.74 Å². The Balaban J connectivity index is 2.21. The number of carbonyl (C=O) groups excluding carboxylic acids is 1. The molecule has 1 saturated heterocycles. The minimum atomic E-state index is 0.225. The number of hydrogen-bond donors (Lipinski definition) is 0. The first kappa shape index (κ1) is 13.0. The molecule has 1 aliphatic rings. The Kier molecular flexibility index (Phi) is 3.13. The molecule has 3 rings (SSSR count). The first-order valence-electron chi connectivity index (χ1n) is 6.62. The summed E-state index contributed by atoms with van der Waals surface area (Å²) >= 11 is 0. The van der Waals surface area contributed by atoms with E-state index in [1.54, 1.807) is 11.6 Å². The van der Waals surface area contributed by atoms with Crippen LogP contribution in [0.15, 0.2) is 0 Å². The van der Waals surface area contributed by atoms with Gasteiger partial charge in [-0.2, -0.15) is 0 Å². The minimum absolute atomic E-state index is 0.225. The number of morpholine rings is 1. The van der Waals surface area contributed by atoms with E-state index in [9.17, 15) is 4.79 Å². The number of aromatic nitrogens is 4. The van der Waals surface area contributed by atoms with E-state index in [0.717, 1.165) is 18.6 Å². The van der Waals surface area contributed by atoms with Crippen molar-refractivity contribution in [1.82, 2.24) is 19.5 Å². The van der Waals surface area contributed by atoms with Crippen molar-refractivity contribution in [3.63, 3.8) is 0 Å². The van der Waals surface area contributed by atoms with Crippen molar-refractivity contribution in [1.29, 1.82) is 0 Å². The number of rotatable bonds is 2. The normalized spacial score (nSPS) is 19.6. The Hall–Kier alpha value is -2.02. The fourth-order valence-electron chi connectivity index (χ4n) is 2.52. The van der Waals surface area contributed by atoms with Crippen molar-refractivity contribution < 1.29 is 9.53 Å². The fourth-order valence-corrected chi connectivity index (χ4v) is 2.52. The van der Waals surface area contributed by atoms with Crippen molar-refractivity contribution in [2.24, 2.45) is 7.05 Å². The molecule has 0 aromatic carbocycles. The summed E-state index contributed by atoms with van der Waals surface area (Å²) in [7, 11) is 1.79. The number of imidazole rings is 1. The van der Waals surface area contributed by atoms with Gasteiger partial charge < -0.3 is 14.2 Å². The predicted molar refractivity (Wildman–Crippen MR) is 74.1 cm³/mol. The van der Waals surface area contributed by atoms with Crippen LogP contribution in [0, 0.1) is 6.92 Å². The van der Waals surface area contributed by atoms with Gasteiger partial charge in [-0.25, -0.2) is 15.0 Å². The van der Waals surface area contributed by atoms with Crippen LogP contribution in [0.2, 0.25) is 0 Å². The molecule has 106 valence electrons. The second-order valence-electron chi connectivity index (χ2n) is 5.03. The molecule has 2 aromatic rings. The number of fused-ring (bicyclic) bond motifs is 1. The number of ether oxygens (including phenoxy) is 1. The molecule has 2 aromatic heterocycles. The molecular weight excluding hydrogens is 258 g/mol. The molecule has 7 heteroatoms. The van der Waals surface area contributed by atoms with E-state index in [-0.39, 0.29) is 6.04 Å². The number of aldehydes is 1. The molecule has 0 spiro atoms. The first-order valence-corrected chi connectivity index (χ1v) is 6.62. The molecule has 20 heavy (non-hydrogen) atoms. The number of anilines is 1. The third-order valence-corrected chi connectivity index (χ3v) is 3.59. The summed E-state index contributed by atoms with van der Waals surface area (Å²) in [6, 6.07) is 0.225. The van der Waals surface area contributed by atoms with Crippen LogP contribution in [0.1, 0.15) is 23.4 Å². The smallest absolute Gasteiger partial charge is 0.185 e. The van der Waals surface area contributed by atoms with E-state index in [1.165, 1.54) is 0 Å². The first-order chi connectivity index (χ1) is 9.61. The van der Waals surface area contributed by atoms with E-state index >= 15 is 0 Å². The number of aryl methyl sites for hydroxylation is 2. The zero-order chi connectivity index (χ0) is 14.3. The van der Waals surface area contributed by atoms with Gasteiger partial charge in [0.1, 0.15) is 5.82 Å². The Bertz CT molecular complexity index is 666. The molecule has 0 radical (unpaired) electrons. The average Bonchev–Trinajstić information content (AvgIpc) is 2.76. The van der Waals surface area contributed by atoms with Gasteiger partial charge in [0.15, 0.2) is 29.1 Å². The van der Waals surface area contributed by atoms with Crippen LogP contribution in [0.5, 0.6) is 0 Å². The largest absolute Gasteiger partial charge is 0.377 e. The molecule has 0 unspecified atom stereocenters. The highest BCUT2D eigenvalue weighted by atomic mass is 16.5. The van der Waals surface area contributed by atoms with Crippen molar-refractivity contribution in [3.8, 4) is 0 Å². The van der Waals surface area contributed by atoms with Gasteiger partial charge in [-0.15, -0.1) is 0 Å². The zero-order valence-electron chi connectivity index (χ0n) is 11.8. The Morgan fingerprint density at radius 3 is 2.85 bits per heavy atom. The Morgan fingerprint density at radius 2 is 2.15 bits per heavy atom. The predicted octanol–water partition coefficient (Wildman–Crippen LogP) is 0.709. The lowest BCUT2D eigenvalue weighted by Crippen LogP contribution is -2.44. The SMILES string of the molecule is Cc1nc(N2CCOC[C@H]2C)c2nc(C=O)n(C)c2n1. The molecule has 7 nitrogen and oxygen atoms in total. The standard InChI is InChI=1S/C13H17N5O2/c1-8-7-20-5-4-18(8)13-11-12(14-9(2)15-13)17(3)10(6-19)16-11/h6,8H,4-5,7H2,1-3H3/t8-/m1/s1. The van der Waals surface area contributed by atoms with Gasteiger partial charge in [-0.3, -0.25) is 4.79 Å². The second kappa shape index (κ2) is 4.82. The molecular formula is C13H17N5O2. The van der Waals surface area contributed by atoms with Crippen LogP contribution < -0.4 is 4.90 Å². The highest BCUT2D eigenvalue weighted by molar-refractivity contribution is 5.88. The molecule has 3 heterocycles. The molecule has 1 aliphatic heterocycles. The lowest BCUT2D eigenvalue weighted by molar-refractivity contribution is 0.0986. The maximum atomic E-state index is 11.1. The molecule has 1 fully saturated rings. The number of nitrogens with zero attached hydrogens (tertiary/aromatic N) is 5. The summed E-state index contributed by atoms with van der Waals surface area (Å²) in [6.45, 7) is 6.04. The monoisotopic (exact) mass is 275 g/mol. The molecule has 0 aliphatic carbocycles. The van der Waals surface area contributed by atoms with Crippen LogP contribution >= 0.6 is 0 Å². The summed E-state index contributed by atoms with van der Waals surface area (Å²) in [5.74, 6) is 1.82. The van der Waals surface area contributed by atoms with Crippen LogP contribution in [-0.4, -0.2) is 51.6 Å². The lowest BCUT2D eigenvalue weighted by atomic mass is 10.2. The van der Waals surface area contributed by atoms with E-state index < -0.39 is 0 Å². The third-order valence-electron chi connectivity index (χ3n) is 3.59. The third kappa shape index (κ3) is 1.94. The van der Waals surface area contributed by atoms with Crippen molar-refractivity contribution >= 4 is 23.3 Å². The van der Waals surface area contributed by atoms with Crippen LogP contribution in [0.25, 0.3) is 11.2 Å². The number of carbonyl (C=O) groups is 1. The average molecular weight is 275 g/mol.